The summed E-state index contributed by atoms with van der Waals surface area (Å²) in [7, 11) is 0. The summed E-state index contributed by atoms with van der Waals surface area (Å²) >= 11 is 0. The number of rotatable bonds is 10. The van der Waals surface area contributed by atoms with Crippen molar-refractivity contribution in [3.63, 3.8) is 0 Å². The molecule has 1 aliphatic rings. The zero-order chi connectivity index (χ0) is 44.2. The lowest BCUT2D eigenvalue weighted by atomic mass is 9.85. The molecule has 3 aromatic carbocycles. The zero-order valence-electron chi connectivity index (χ0n) is 35.4. The fourth-order valence-electron chi connectivity index (χ4n) is 8.25. The molecule has 1 fully saturated rings. The quantitative estimate of drug-likeness (QED) is 0.103. The second-order valence-corrected chi connectivity index (χ2v) is 16.0. The lowest BCUT2D eigenvalue weighted by molar-refractivity contribution is 0.327. The molecule has 1 aliphatic carbocycles. The van der Waals surface area contributed by atoms with Crippen molar-refractivity contribution in [1.82, 2.24) is 43.7 Å². The maximum absolute atomic E-state index is 13.5. The number of fused-ring (bicyclic) bond motifs is 2. The van der Waals surface area contributed by atoms with Gasteiger partial charge in [0.05, 0.1) is 17.1 Å². The SMILES string of the molecule is C[C@H](Nc1cc(-c2c(-c3ccc(F)cc3)nc3nc(N)ccn23)ccn1)c1ccccc1.C[C@H](Nc1nccc(-c2c(-c3ccc(F)cc3)nc3nc(N)ccn23)n1)C1CCCCC1. The van der Waals surface area contributed by atoms with Crippen LogP contribution in [-0.2, 0) is 0 Å². The Hall–Kier alpha value is -7.81. The highest BCUT2D eigenvalue weighted by molar-refractivity contribution is 5.83. The first-order valence-corrected chi connectivity index (χ1v) is 21.4. The van der Waals surface area contributed by atoms with Crippen LogP contribution in [0.3, 0.4) is 0 Å². The van der Waals surface area contributed by atoms with Crippen LogP contribution in [0.5, 0.6) is 0 Å². The van der Waals surface area contributed by atoms with E-state index in [-0.39, 0.29) is 17.7 Å². The van der Waals surface area contributed by atoms with Gasteiger partial charge in [-0.3, -0.25) is 8.80 Å². The van der Waals surface area contributed by atoms with E-state index in [1.165, 1.54) is 61.9 Å². The first-order valence-electron chi connectivity index (χ1n) is 21.4. The molecular weight excluding hydrogens is 809 g/mol. The van der Waals surface area contributed by atoms with Crippen molar-refractivity contribution in [3.8, 4) is 45.2 Å². The molecule has 0 spiro atoms. The number of pyridine rings is 1. The normalized spacial score (nSPS) is 13.9. The number of nitrogens with zero attached hydrogens (tertiary/aromatic N) is 9. The number of imidazole rings is 2. The summed E-state index contributed by atoms with van der Waals surface area (Å²) in [6.45, 7) is 4.30. The minimum Gasteiger partial charge on any atom is -0.384 e. The van der Waals surface area contributed by atoms with E-state index in [0.717, 1.165) is 33.9 Å². The number of nitrogen functional groups attached to an aromatic ring is 2. The highest BCUT2D eigenvalue weighted by atomic mass is 19.1. The number of nitrogens with two attached hydrogens (primary N) is 2. The number of hydrogen-bond acceptors (Lipinski definition) is 11. The molecule has 0 saturated heterocycles. The fourth-order valence-corrected chi connectivity index (χ4v) is 8.25. The third-order valence-electron chi connectivity index (χ3n) is 11.6. The Morgan fingerprint density at radius 2 is 1.17 bits per heavy atom. The molecule has 6 heterocycles. The van der Waals surface area contributed by atoms with Gasteiger partial charge in [-0.25, -0.2) is 33.7 Å². The number of halogens is 2. The third-order valence-corrected chi connectivity index (χ3v) is 11.6. The Morgan fingerprint density at radius 3 is 1.80 bits per heavy atom. The average molecular weight is 856 g/mol. The molecule has 64 heavy (non-hydrogen) atoms. The zero-order valence-corrected chi connectivity index (χ0v) is 35.4. The van der Waals surface area contributed by atoms with Crippen LogP contribution in [0.15, 0.2) is 134 Å². The predicted molar refractivity (Wildman–Crippen MR) is 248 cm³/mol. The minimum atomic E-state index is -0.299. The molecule has 0 amide bonds. The molecule has 2 atom stereocenters. The van der Waals surface area contributed by atoms with Crippen molar-refractivity contribution in [1.29, 1.82) is 0 Å². The van der Waals surface area contributed by atoms with Crippen LogP contribution in [0.2, 0.25) is 0 Å². The van der Waals surface area contributed by atoms with E-state index in [4.69, 9.17) is 21.4 Å². The number of anilines is 4. The smallest absolute Gasteiger partial charge is 0.236 e. The summed E-state index contributed by atoms with van der Waals surface area (Å²) < 4.78 is 30.8. The van der Waals surface area contributed by atoms with Crippen molar-refractivity contribution in [2.45, 2.75) is 58.0 Å². The van der Waals surface area contributed by atoms with Crippen LogP contribution in [0.4, 0.5) is 32.2 Å². The molecular formula is C49H47F2N13. The van der Waals surface area contributed by atoms with Crippen LogP contribution in [0.1, 0.15) is 57.6 Å². The third kappa shape index (κ3) is 9.05. The number of benzene rings is 3. The van der Waals surface area contributed by atoms with Gasteiger partial charge in [-0.2, -0.15) is 9.97 Å². The molecule has 6 aromatic heterocycles. The molecule has 0 aliphatic heterocycles. The summed E-state index contributed by atoms with van der Waals surface area (Å²) in [6.07, 6.45) is 13.6. The van der Waals surface area contributed by atoms with Crippen molar-refractivity contribution < 1.29 is 8.78 Å². The first-order chi connectivity index (χ1) is 31.2. The van der Waals surface area contributed by atoms with Gasteiger partial charge in [0.25, 0.3) is 0 Å². The van der Waals surface area contributed by atoms with Gasteiger partial charge in [0.15, 0.2) is 0 Å². The fraction of sp³-hybridized carbons (Fsp3) is 0.204. The highest BCUT2D eigenvalue weighted by Gasteiger charge is 2.23. The van der Waals surface area contributed by atoms with Gasteiger partial charge in [-0.1, -0.05) is 49.6 Å². The first kappa shape index (κ1) is 41.5. The van der Waals surface area contributed by atoms with Crippen LogP contribution in [-0.4, -0.2) is 49.7 Å². The Bertz CT molecular complexity index is 3020. The van der Waals surface area contributed by atoms with Crippen LogP contribution in [0.25, 0.3) is 56.7 Å². The Balaban J connectivity index is 0.000000162. The number of hydrogen-bond donors (Lipinski definition) is 4. The largest absolute Gasteiger partial charge is 0.384 e. The van der Waals surface area contributed by atoms with E-state index in [1.54, 1.807) is 48.8 Å². The lowest BCUT2D eigenvalue weighted by Crippen LogP contribution is -2.28. The van der Waals surface area contributed by atoms with Crippen molar-refractivity contribution in [2.24, 2.45) is 5.92 Å². The van der Waals surface area contributed by atoms with Gasteiger partial charge in [-0.05, 0) is 117 Å². The van der Waals surface area contributed by atoms with E-state index in [0.29, 0.717) is 58.2 Å². The maximum atomic E-state index is 13.5. The predicted octanol–water partition coefficient (Wildman–Crippen LogP) is 10.3. The number of aromatic nitrogens is 9. The second-order valence-electron chi connectivity index (χ2n) is 16.0. The van der Waals surface area contributed by atoms with E-state index < -0.39 is 0 Å². The van der Waals surface area contributed by atoms with E-state index >= 15 is 0 Å². The molecule has 6 N–H and O–H groups in total. The molecule has 0 bridgehead atoms. The molecule has 10 rings (SSSR count). The molecule has 9 aromatic rings. The van der Waals surface area contributed by atoms with Gasteiger partial charge < -0.3 is 22.1 Å². The molecule has 1 saturated carbocycles. The summed E-state index contributed by atoms with van der Waals surface area (Å²) in [5, 5.41) is 6.96. The van der Waals surface area contributed by atoms with Crippen molar-refractivity contribution in [3.05, 3.63) is 151 Å². The highest BCUT2D eigenvalue weighted by Crippen LogP contribution is 2.35. The van der Waals surface area contributed by atoms with Crippen molar-refractivity contribution in [2.75, 3.05) is 22.1 Å². The molecule has 15 heteroatoms. The second kappa shape index (κ2) is 18.3. The van der Waals surface area contributed by atoms with Crippen LogP contribution >= 0.6 is 0 Å². The summed E-state index contributed by atoms with van der Waals surface area (Å²) in [4.78, 5) is 31.9. The van der Waals surface area contributed by atoms with E-state index in [9.17, 15) is 8.78 Å². The van der Waals surface area contributed by atoms with E-state index in [2.05, 4.69) is 61.5 Å². The van der Waals surface area contributed by atoms with Gasteiger partial charge in [0, 0.05) is 53.6 Å². The van der Waals surface area contributed by atoms with Gasteiger partial charge >= 0.3 is 0 Å². The summed E-state index contributed by atoms with van der Waals surface area (Å²) in [5.74, 6) is 3.06. The Kier molecular flexibility index (Phi) is 11.9. The summed E-state index contributed by atoms with van der Waals surface area (Å²) in [5.41, 5.74) is 19.0. The van der Waals surface area contributed by atoms with Gasteiger partial charge in [-0.15, -0.1) is 0 Å². The van der Waals surface area contributed by atoms with Crippen LogP contribution in [0, 0.1) is 17.6 Å². The van der Waals surface area contributed by atoms with Crippen molar-refractivity contribution >= 4 is 35.0 Å². The average Bonchev–Trinajstić information content (AvgIpc) is 3.89. The molecule has 322 valence electrons. The van der Waals surface area contributed by atoms with Gasteiger partial charge in [0.1, 0.15) is 40.5 Å². The summed E-state index contributed by atoms with van der Waals surface area (Å²) in [6, 6.07) is 32.3. The van der Waals surface area contributed by atoms with Gasteiger partial charge in [0.2, 0.25) is 17.5 Å². The Morgan fingerprint density at radius 1 is 0.594 bits per heavy atom. The Labute approximate surface area is 368 Å². The number of nitrogens with one attached hydrogen (secondary N) is 2. The molecule has 13 nitrogen and oxygen atoms in total. The molecule has 0 radical (unpaired) electrons. The molecule has 0 unspecified atom stereocenters. The lowest BCUT2D eigenvalue weighted by Gasteiger charge is -2.28. The monoisotopic (exact) mass is 855 g/mol. The maximum Gasteiger partial charge on any atom is 0.236 e. The van der Waals surface area contributed by atoms with Crippen LogP contribution < -0.4 is 22.1 Å². The topological polar surface area (TPSA) is 175 Å². The standard InChI is InChI=1S/C25H21FN6.C24H26FN7/c1-16(17-5-3-2-4-6-17)29-22-15-19(11-13-28-22)24-23(18-7-9-20(26)10-8-18)31-25-30-21(27)12-14-32(24)25;1-15(16-5-3-2-4-6-16)28-23-27-13-11-19(29-23)22-21(17-7-9-18(25)10-8-17)31-24-30-20(26)12-14-32(22)24/h2-16H,1H3,(H,28,29)(H2,27,30,31);7-16H,2-6H2,1H3,(H2,26,30,31)(H,27,28,29)/t16-;15-/m00/s1. The van der Waals surface area contributed by atoms with E-state index in [1.807, 2.05) is 57.6 Å². The minimum absolute atomic E-state index is 0.0826.